The number of aromatic amines is 1. The van der Waals surface area contributed by atoms with E-state index >= 15 is 0 Å². The molecule has 0 aliphatic heterocycles. The summed E-state index contributed by atoms with van der Waals surface area (Å²) >= 11 is 2.90. The van der Waals surface area contributed by atoms with Crippen molar-refractivity contribution in [2.75, 3.05) is 4.34 Å². The number of nitrogens with one attached hydrogen (secondary N) is 2. The zero-order valence-electron chi connectivity index (χ0n) is 3.22. The third kappa shape index (κ3) is 0.861. The monoisotopic (exact) mass is 163 g/mol. The quantitative estimate of drug-likeness (QED) is 0.569. The minimum absolute atomic E-state index is 0.431. The maximum absolute atomic E-state index is 3.53. The fourth-order valence-electron chi connectivity index (χ4n) is 0.202. The van der Waals surface area contributed by atoms with Crippen LogP contribution in [0.1, 0.15) is 0 Å². The van der Waals surface area contributed by atoms with Crippen molar-refractivity contribution in [1.29, 1.82) is 0 Å². The Bertz CT molecular complexity index is 123. The van der Waals surface area contributed by atoms with Crippen LogP contribution in [0.4, 0.5) is 5.95 Å². The first-order chi connectivity index (χ1) is 3.43. The number of hydrogen-bond acceptors (Lipinski definition) is 4. The van der Waals surface area contributed by atoms with Crippen LogP contribution in [0, 0.1) is 0 Å². The van der Waals surface area contributed by atoms with Crippen molar-refractivity contribution in [3.63, 3.8) is 0 Å². The molecule has 38 valence electrons. The van der Waals surface area contributed by atoms with E-state index in [1.807, 2.05) is 0 Å². The van der Waals surface area contributed by atoms with Gasteiger partial charge < -0.3 is 0 Å². The highest BCUT2D eigenvalue weighted by molar-refractivity contribution is 9.10. The van der Waals surface area contributed by atoms with E-state index in [4.69, 9.17) is 0 Å². The van der Waals surface area contributed by atoms with Crippen molar-refractivity contribution >= 4 is 22.1 Å². The van der Waals surface area contributed by atoms with Crippen LogP contribution in [0.25, 0.3) is 0 Å². The maximum atomic E-state index is 3.53. The second kappa shape index (κ2) is 1.87. The number of rotatable bonds is 1. The third-order valence-corrected chi connectivity index (χ3v) is 0.784. The van der Waals surface area contributed by atoms with Gasteiger partial charge >= 0.3 is 0 Å². The number of aromatic nitrogens is 4. The van der Waals surface area contributed by atoms with Crippen LogP contribution in [-0.4, -0.2) is 20.6 Å². The van der Waals surface area contributed by atoms with E-state index in [1.165, 1.54) is 0 Å². The Balaban J connectivity index is 2.76. The van der Waals surface area contributed by atoms with Gasteiger partial charge in [-0.05, 0) is 5.21 Å². The molecular weight excluding hydrogens is 162 g/mol. The number of nitrogens with zero attached hydrogens (tertiary/aromatic N) is 3. The Kier molecular flexibility index (Phi) is 1.21. The first kappa shape index (κ1) is 4.51. The molecule has 0 atom stereocenters. The van der Waals surface area contributed by atoms with E-state index in [0.717, 1.165) is 0 Å². The van der Waals surface area contributed by atoms with E-state index in [9.17, 15) is 0 Å². The molecule has 1 aromatic heterocycles. The number of anilines is 1. The molecular formula is CH2BrN5. The number of H-pyrrole nitrogens is 1. The predicted octanol–water partition coefficient (Wildman–Crippen LogP) is -0.0785. The topological polar surface area (TPSA) is 66.5 Å². The summed E-state index contributed by atoms with van der Waals surface area (Å²) in [5.41, 5.74) is 0. The van der Waals surface area contributed by atoms with Crippen LogP contribution >= 0.6 is 16.1 Å². The van der Waals surface area contributed by atoms with Gasteiger partial charge in [-0.15, -0.1) is 5.10 Å². The minimum atomic E-state index is 0.431. The van der Waals surface area contributed by atoms with E-state index in [1.54, 1.807) is 0 Å². The molecule has 1 heterocycles. The number of halogens is 1. The van der Waals surface area contributed by atoms with Gasteiger partial charge in [0.15, 0.2) is 0 Å². The lowest BCUT2D eigenvalue weighted by Gasteiger charge is -1.76. The lowest BCUT2D eigenvalue weighted by Crippen LogP contribution is -1.79. The SMILES string of the molecule is BrNc1nn[nH]n1. The number of hydrogen-bond donors (Lipinski definition) is 2. The molecule has 1 rings (SSSR count). The summed E-state index contributed by atoms with van der Waals surface area (Å²) in [7, 11) is 0. The van der Waals surface area contributed by atoms with Crippen LogP contribution in [-0.2, 0) is 0 Å². The summed E-state index contributed by atoms with van der Waals surface area (Å²) in [5, 5.41) is 12.6. The predicted molar refractivity (Wildman–Crippen MR) is 26.7 cm³/mol. The number of tetrazole rings is 1. The third-order valence-electron chi connectivity index (χ3n) is 0.430. The van der Waals surface area contributed by atoms with Crippen molar-refractivity contribution in [2.45, 2.75) is 0 Å². The van der Waals surface area contributed by atoms with Gasteiger partial charge in [-0.3, -0.25) is 4.34 Å². The van der Waals surface area contributed by atoms with Crippen LogP contribution in [0.2, 0.25) is 0 Å². The summed E-state index contributed by atoms with van der Waals surface area (Å²) in [6.07, 6.45) is 0. The normalized spacial score (nSPS) is 8.71. The average molecular weight is 164 g/mol. The van der Waals surface area contributed by atoms with Crippen molar-refractivity contribution < 1.29 is 0 Å². The molecule has 5 nitrogen and oxygen atoms in total. The summed E-state index contributed by atoms with van der Waals surface area (Å²) in [4.78, 5) is 0. The van der Waals surface area contributed by atoms with E-state index in [2.05, 4.69) is 41.1 Å². The maximum Gasteiger partial charge on any atom is 0.273 e. The Labute approximate surface area is 47.8 Å². The van der Waals surface area contributed by atoms with Gasteiger partial charge in [0.25, 0.3) is 5.95 Å². The van der Waals surface area contributed by atoms with E-state index < -0.39 is 0 Å². The van der Waals surface area contributed by atoms with Crippen LogP contribution in [0.5, 0.6) is 0 Å². The van der Waals surface area contributed by atoms with Gasteiger partial charge in [0.05, 0.1) is 0 Å². The summed E-state index contributed by atoms with van der Waals surface area (Å²) in [6.45, 7) is 0. The second-order valence-electron chi connectivity index (χ2n) is 0.830. The Morgan fingerprint density at radius 1 is 1.71 bits per heavy atom. The highest BCUT2D eigenvalue weighted by Crippen LogP contribution is 1.90. The Morgan fingerprint density at radius 2 is 2.57 bits per heavy atom. The van der Waals surface area contributed by atoms with Gasteiger partial charge in [-0.1, -0.05) is 5.10 Å². The zero-order chi connectivity index (χ0) is 5.11. The zero-order valence-corrected chi connectivity index (χ0v) is 4.81. The van der Waals surface area contributed by atoms with E-state index in [-0.39, 0.29) is 0 Å². The molecule has 1 aromatic rings. The van der Waals surface area contributed by atoms with Crippen molar-refractivity contribution in [3.05, 3.63) is 0 Å². The van der Waals surface area contributed by atoms with Crippen LogP contribution in [0.3, 0.4) is 0 Å². The summed E-state index contributed by atoms with van der Waals surface area (Å²) in [6, 6.07) is 0. The fraction of sp³-hybridized carbons (Fsp3) is 0. The Hall–Kier alpha value is -0.650. The summed E-state index contributed by atoms with van der Waals surface area (Å²) in [5.74, 6) is 0.431. The van der Waals surface area contributed by atoms with Gasteiger partial charge in [0.1, 0.15) is 0 Å². The fourth-order valence-corrected chi connectivity index (χ4v) is 0.370. The van der Waals surface area contributed by atoms with Crippen LogP contribution < -0.4 is 4.34 Å². The first-order valence-corrected chi connectivity index (χ1v) is 2.33. The van der Waals surface area contributed by atoms with Crippen molar-refractivity contribution in [2.24, 2.45) is 0 Å². The molecule has 2 N–H and O–H groups in total. The molecule has 0 aliphatic carbocycles. The molecule has 7 heavy (non-hydrogen) atoms. The highest BCUT2D eigenvalue weighted by Gasteiger charge is 1.86. The Morgan fingerprint density at radius 3 is 2.86 bits per heavy atom. The van der Waals surface area contributed by atoms with Crippen molar-refractivity contribution in [3.8, 4) is 0 Å². The molecule has 0 aromatic carbocycles. The standard InChI is InChI=1S/CH2BrN5/c2-3-1-4-6-7-5-1/h(H2,3,4,5,6,7). The lowest BCUT2D eigenvalue weighted by molar-refractivity contribution is 0.881. The van der Waals surface area contributed by atoms with Gasteiger partial charge in [0, 0.05) is 16.1 Å². The second-order valence-corrected chi connectivity index (χ2v) is 1.23. The molecule has 0 saturated heterocycles. The average Bonchev–Trinajstić information content (AvgIpc) is 2.14. The van der Waals surface area contributed by atoms with Gasteiger partial charge in [0.2, 0.25) is 0 Å². The molecule has 0 amide bonds. The van der Waals surface area contributed by atoms with Gasteiger partial charge in [-0.25, -0.2) is 0 Å². The van der Waals surface area contributed by atoms with Gasteiger partial charge in [-0.2, -0.15) is 5.21 Å². The molecule has 0 radical (unpaired) electrons. The molecule has 6 heteroatoms. The molecule has 0 saturated carbocycles. The summed E-state index contributed by atoms with van der Waals surface area (Å²) < 4.78 is 2.50. The smallest absolute Gasteiger partial charge is 0.273 e. The largest absolute Gasteiger partial charge is 0.288 e. The van der Waals surface area contributed by atoms with E-state index in [0.29, 0.717) is 5.95 Å². The lowest BCUT2D eigenvalue weighted by atomic mass is 11.2. The molecule has 0 fully saturated rings. The van der Waals surface area contributed by atoms with Crippen LogP contribution in [0.15, 0.2) is 0 Å². The van der Waals surface area contributed by atoms with Crippen molar-refractivity contribution in [1.82, 2.24) is 20.6 Å². The minimum Gasteiger partial charge on any atom is -0.288 e. The molecule has 0 aliphatic rings. The molecule has 0 spiro atoms. The highest BCUT2D eigenvalue weighted by atomic mass is 79.9. The molecule has 0 bridgehead atoms. The first-order valence-electron chi connectivity index (χ1n) is 1.53. The molecule has 0 unspecified atom stereocenters.